The molecule has 6 nitrogen and oxygen atoms in total. The van der Waals surface area contributed by atoms with Gasteiger partial charge in [-0.25, -0.2) is 0 Å². The quantitative estimate of drug-likeness (QED) is 0.835. The number of benzene rings is 1. The van der Waals surface area contributed by atoms with Gasteiger partial charge in [-0.15, -0.1) is 0 Å². The highest BCUT2D eigenvalue weighted by atomic mass is 16.4. The Morgan fingerprint density at radius 2 is 1.86 bits per heavy atom. The summed E-state index contributed by atoms with van der Waals surface area (Å²) in [5.41, 5.74) is 1.13. The highest BCUT2D eigenvalue weighted by Gasteiger charge is 2.33. The van der Waals surface area contributed by atoms with E-state index in [-0.39, 0.29) is 30.8 Å². The van der Waals surface area contributed by atoms with Crippen LogP contribution in [0, 0.1) is 0 Å². The minimum absolute atomic E-state index is 0.0494. The maximum Gasteiger partial charge on any atom is 0.305 e. The average molecular weight is 290 g/mol. The molecule has 0 saturated heterocycles. The van der Waals surface area contributed by atoms with E-state index in [0.717, 1.165) is 12.8 Å². The second-order valence-electron chi connectivity index (χ2n) is 5.13. The van der Waals surface area contributed by atoms with E-state index in [0.29, 0.717) is 11.3 Å². The molecule has 21 heavy (non-hydrogen) atoms. The second-order valence-corrected chi connectivity index (χ2v) is 5.13. The lowest BCUT2D eigenvalue weighted by Crippen LogP contribution is -2.35. The van der Waals surface area contributed by atoms with Gasteiger partial charge in [0.2, 0.25) is 5.91 Å². The van der Waals surface area contributed by atoms with Crippen LogP contribution in [-0.4, -0.2) is 40.4 Å². The lowest BCUT2D eigenvalue weighted by Gasteiger charge is -2.21. The van der Waals surface area contributed by atoms with Gasteiger partial charge >= 0.3 is 5.97 Å². The third-order valence-corrected chi connectivity index (χ3v) is 3.27. The zero-order chi connectivity index (χ0) is 15.4. The molecule has 0 aliphatic heterocycles. The summed E-state index contributed by atoms with van der Waals surface area (Å²) in [4.78, 5) is 35.7. The standard InChI is InChI=1S/C15H18N2O4/c1-10(18)16-12-4-2-11(3-5-12)15(21)17(13-6-7-13)9-8-14(19)20/h2-5,13H,6-9H2,1H3,(H,16,18)(H,19,20). The molecule has 1 fully saturated rings. The van der Waals surface area contributed by atoms with Crippen molar-refractivity contribution in [3.05, 3.63) is 29.8 Å². The number of rotatable bonds is 6. The van der Waals surface area contributed by atoms with Gasteiger partial charge in [0.25, 0.3) is 5.91 Å². The minimum atomic E-state index is -0.908. The monoisotopic (exact) mass is 290 g/mol. The predicted octanol–water partition coefficient (Wildman–Crippen LogP) is 1.72. The molecule has 1 saturated carbocycles. The van der Waals surface area contributed by atoms with Gasteiger partial charge in [-0.3, -0.25) is 14.4 Å². The lowest BCUT2D eigenvalue weighted by atomic mass is 10.1. The van der Waals surface area contributed by atoms with Gasteiger partial charge in [-0.2, -0.15) is 0 Å². The molecular formula is C15H18N2O4. The van der Waals surface area contributed by atoms with Gasteiger partial charge in [0, 0.05) is 30.8 Å². The first-order valence-corrected chi connectivity index (χ1v) is 6.88. The maximum absolute atomic E-state index is 12.4. The van der Waals surface area contributed by atoms with Gasteiger partial charge in [-0.05, 0) is 37.1 Å². The van der Waals surface area contributed by atoms with E-state index in [4.69, 9.17) is 5.11 Å². The first-order chi connectivity index (χ1) is 9.97. The summed E-state index contributed by atoms with van der Waals surface area (Å²) in [6.45, 7) is 1.64. The van der Waals surface area contributed by atoms with Crippen LogP contribution in [0.2, 0.25) is 0 Å². The van der Waals surface area contributed by atoms with Crippen LogP contribution in [0.1, 0.15) is 36.5 Å². The molecule has 0 bridgehead atoms. The van der Waals surface area contributed by atoms with Crippen LogP contribution < -0.4 is 5.32 Å². The van der Waals surface area contributed by atoms with Crippen LogP contribution in [0.5, 0.6) is 0 Å². The van der Waals surface area contributed by atoms with Crippen molar-refractivity contribution in [2.45, 2.75) is 32.2 Å². The molecule has 0 spiro atoms. The van der Waals surface area contributed by atoms with Gasteiger partial charge in [0.1, 0.15) is 0 Å². The molecule has 2 amide bonds. The molecule has 1 aliphatic carbocycles. The Labute approximate surface area is 122 Å². The topological polar surface area (TPSA) is 86.7 Å². The molecule has 6 heteroatoms. The summed E-state index contributed by atoms with van der Waals surface area (Å²) in [6, 6.07) is 6.77. The van der Waals surface area contributed by atoms with E-state index >= 15 is 0 Å². The number of hydrogen-bond acceptors (Lipinski definition) is 3. The third-order valence-electron chi connectivity index (χ3n) is 3.27. The lowest BCUT2D eigenvalue weighted by molar-refractivity contribution is -0.137. The summed E-state index contributed by atoms with van der Waals surface area (Å²) >= 11 is 0. The number of nitrogens with one attached hydrogen (secondary N) is 1. The summed E-state index contributed by atoms with van der Waals surface area (Å²) in [5.74, 6) is -1.24. The summed E-state index contributed by atoms with van der Waals surface area (Å²) < 4.78 is 0. The zero-order valence-corrected chi connectivity index (χ0v) is 11.8. The number of carbonyl (C=O) groups is 3. The van der Waals surface area contributed by atoms with Crippen LogP contribution in [-0.2, 0) is 9.59 Å². The Morgan fingerprint density at radius 1 is 1.24 bits per heavy atom. The van der Waals surface area contributed by atoms with Crippen LogP contribution in [0.25, 0.3) is 0 Å². The molecule has 2 rings (SSSR count). The fourth-order valence-electron chi connectivity index (χ4n) is 2.12. The van der Waals surface area contributed by atoms with E-state index in [1.807, 2.05) is 0 Å². The predicted molar refractivity (Wildman–Crippen MR) is 77.1 cm³/mol. The Balaban J connectivity index is 2.05. The molecule has 0 aromatic heterocycles. The van der Waals surface area contributed by atoms with E-state index in [1.54, 1.807) is 29.2 Å². The zero-order valence-electron chi connectivity index (χ0n) is 11.8. The van der Waals surface area contributed by atoms with Gasteiger partial charge < -0.3 is 15.3 Å². The molecule has 1 aromatic carbocycles. The smallest absolute Gasteiger partial charge is 0.305 e. The largest absolute Gasteiger partial charge is 0.481 e. The first-order valence-electron chi connectivity index (χ1n) is 6.88. The number of amides is 2. The van der Waals surface area contributed by atoms with Crippen molar-refractivity contribution in [2.75, 3.05) is 11.9 Å². The number of nitrogens with zero attached hydrogens (tertiary/aromatic N) is 1. The van der Waals surface area contributed by atoms with E-state index in [2.05, 4.69) is 5.32 Å². The van der Waals surface area contributed by atoms with Crippen molar-refractivity contribution >= 4 is 23.5 Å². The summed E-state index contributed by atoms with van der Waals surface area (Å²) in [7, 11) is 0. The molecule has 0 unspecified atom stereocenters. The number of carbonyl (C=O) groups excluding carboxylic acids is 2. The minimum Gasteiger partial charge on any atom is -0.481 e. The Morgan fingerprint density at radius 3 is 2.33 bits per heavy atom. The second kappa shape index (κ2) is 6.39. The third kappa shape index (κ3) is 4.30. The normalized spacial score (nSPS) is 13.6. The molecular weight excluding hydrogens is 272 g/mol. The molecule has 1 aliphatic rings. The summed E-state index contributed by atoms with van der Waals surface area (Å²) in [5, 5.41) is 11.4. The van der Waals surface area contributed by atoms with E-state index < -0.39 is 5.97 Å². The van der Waals surface area contributed by atoms with Crippen molar-refractivity contribution in [3.63, 3.8) is 0 Å². The number of hydrogen-bond donors (Lipinski definition) is 2. The highest BCUT2D eigenvalue weighted by Crippen LogP contribution is 2.28. The molecule has 0 heterocycles. The fraction of sp³-hybridized carbons (Fsp3) is 0.400. The number of carboxylic acids is 1. The van der Waals surface area contributed by atoms with Crippen LogP contribution in [0.3, 0.4) is 0 Å². The van der Waals surface area contributed by atoms with E-state index in [1.165, 1.54) is 6.92 Å². The number of aliphatic carboxylic acids is 1. The fourth-order valence-corrected chi connectivity index (χ4v) is 2.12. The first kappa shape index (κ1) is 15.0. The van der Waals surface area contributed by atoms with Crippen molar-refractivity contribution in [1.82, 2.24) is 4.90 Å². The Hall–Kier alpha value is -2.37. The Bertz CT molecular complexity index is 549. The van der Waals surface area contributed by atoms with Gasteiger partial charge in [-0.1, -0.05) is 0 Å². The molecule has 112 valence electrons. The van der Waals surface area contributed by atoms with Crippen LogP contribution >= 0.6 is 0 Å². The van der Waals surface area contributed by atoms with Gasteiger partial charge in [0.15, 0.2) is 0 Å². The van der Waals surface area contributed by atoms with Crippen molar-refractivity contribution in [1.29, 1.82) is 0 Å². The molecule has 2 N–H and O–H groups in total. The number of anilines is 1. The van der Waals surface area contributed by atoms with Crippen molar-refractivity contribution in [2.24, 2.45) is 0 Å². The van der Waals surface area contributed by atoms with Crippen molar-refractivity contribution < 1.29 is 19.5 Å². The average Bonchev–Trinajstić information content (AvgIpc) is 3.23. The highest BCUT2D eigenvalue weighted by molar-refractivity contribution is 5.96. The maximum atomic E-state index is 12.4. The summed E-state index contributed by atoms with van der Waals surface area (Å²) in [6.07, 6.45) is 1.80. The molecule has 1 aromatic rings. The van der Waals surface area contributed by atoms with Gasteiger partial charge in [0.05, 0.1) is 6.42 Å². The van der Waals surface area contributed by atoms with Crippen LogP contribution in [0.15, 0.2) is 24.3 Å². The van der Waals surface area contributed by atoms with E-state index in [9.17, 15) is 14.4 Å². The van der Waals surface area contributed by atoms with Crippen LogP contribution in [0.4, 0.5) is 5.69 Å². The molecule has 0 atom stereocenters. The molecule has 0 radical (unpaired) electrons. The van der Waals surface area contributed by atoms with Crippen molar-refractivity contribution in [3.8, 4) is 0 Å². The SMILES string of the molecule is CC(=O)Nc1ccc(C(=O)N(CCC(=O)O)C2CC2)cc1. The Kier molecular flexibility index (Phi) is 4.57. The number of carboxylic acid groups (broad SMARTS) is 1.